The van der Waals surface area contributed by atoms with Gasteiger partial charge in [0.2, 0.25) is 0 Å². The Balaban J connectivity index is 1.69. The molecular weight excluding hydrogens is 400 g/mol. The van der Waals surface area contributed by atoms with Crippen LogP contribution >= 0.6 is 15.9 Å². The summed E-state index contributed by atoms with van der Waals surface area (Å²) < 4.78 is 17.0. The van der Waals surface area contributed by atoms with E-state index in [1.807, 2.05) is 31.2 Å². The Hall–Kier alpha value is -2.80. The van der Waals surface area contributed by atoms with Gasteiger partial charge < -0.3 is 13.9 Å². The second kappa shape index (κ2) is 8.05. The maximum absolute atomic E-state index is 12.2. The van der Waals surface area contributed by atoms with Gasteiger partial charge in [0.15, 0.2) is 5.76 Å². The third-order valence-corrected chi connectivity index (χ3v) is 4.20. The number of carbonyl (C=O) groups is 1. The van der Waals surface area contributed by atoms with Crippen molar-refractivity contribution in [3.63, 3.8) is 0 Å². The molecule has 1 amide bonds. The Morgan fingerprint density at radius 2 is 2.12 bits per heavy atom. The molecule has 0 radical (unpaired) electrons. The number of ether oxygens (including phenoxy) is 2. The predicted octanol–water partition coefficient (Wildman–Crippen LogP) is 4.37. The number of benzene rings is 2. The Morgan fingerprint density at radius 3 is 2.85 bits per heavy atom. The standard InChI is InChI=1S/C19H17BrN2O4/c1-3-25-14-5-7-16-13(9-14)10-18(26-16)19(23)22-21-11-12-4-6-17(24-2)15(20)8-12/h4-11H,3H2,1-2H3,(H,22,23)/b21-11+. The number of methoxy groups -OCH3 is 1. The van der Waals surface area contributed by atoms with Gasteiger partial charge in [-0.15, -0.1) is 0 Å². The average molecular weight is 417 g/mol. The highest BCUT2D eigenvalue weighted by Gasteiger charge is 2.12. The van der Waals surface area contributed by atoms with Crippen molar-refractivity contribution < 1.29 is 18.7 Å². The molecule has 2 aromatic carbocycles. The molecule has 0 bridgehead atoms. The Labute approximate surface area is 158 Å². The highest BCUT2D eigenvalue weighted by Crippen LogP contribution is 2.25. The van der Waals surface area contributed by atoms with Crippen LogP contribution in [0.1, 0.15) is 23.0 Å². The maximum atomic E-state index is 12.2. The highest BCUT2D eigenvalue weighted by atomic mass is 79.9. The zero-order valence-electron chi connectivity index (χ0n) is 14.3. The summed E-state index contributed by atoms with van der Waals surface area (Å²) in [7, 11) is 1.60. The topological polar surface area (TPSA) is 73.1 Å². The third kappa shape index (κ3) is 4.05. The van der Waals surface area contributed by atoms with Crippen LogP contribution < -0.4 is 14.9 Å². The number of fused-ring (bicyclic) bond motifs is 1. The molecule has 0 unspecified atom stereocenters. The number of nitrogens with zero attached hydrogens (tertiary/aromatic N) is 1. The lowest BCUT2D eigenvalue weighted by molar-refractivity contribution is 0.0929. The van der Waals surface area contributed by atoms with E-state index in [2.05, 4.69) is 26.5 Å². The molecule has 6 nitrogen and oxygen atoms in total. The van der Waals surface area contributed by atoms with Gasteiger partial charge >= 0.3 is 5.91 Å². The molecule has 0 saturated heterocycles. The normalized spacial score (nSPS) is 11.0. The number of hydrogen-bond donors (Lipinski definition) is 1. The van der Waals surface area contributed by atoms with Gasteiger partial charge in [-0.3, -0.25) is 4.79 Å². The van der Waals surface area contributed by atoms with Crippen LogP contribution in [-0.4, -0.2) is 25.8 Å². The smallest absolute Gasteiger partial charge is 0.307 e. The minimum atomic E-state index is -0.428. The van der Waals surface area contributed by atoms with E-state index >= 15 is 0 Å². The fraction of sp³-hybridized carbons (Fsp3) is 0.158. The van der Waals surface area contributed by atoms with Crippen LogP contribution in [0.4, 0.5) is 0 Å². The summed E-state index contributed by atoms with van der Waals surface area (Å²) in [5.41, 5.74) is 3.88. The average Bonchev–Trinajstić information content (AvgIpc) is 3.05. The first-order valence-corrected chi connectivity index (χ1v) is 8.73. The van der Waals surface area contributed by atoms with Crippen LogP contribution in [0.3, 0.4) is 0 Å². The lowest BCUT2D eigenvalue weighted by atomic mass is 10.2. The summed E-state index contributed by atoms with van der Waals surface area (Å²) in [5.74, 6) is 1.21. The highest BCUT2D eigenvalue weighted by molar-refractivity contribution is 9.10. The molecule has 1 heterocycles. The third-order valence-electron chi connectivity index (χ3n) is 3.58. The van der Waals surface area contributed by atoms with Crippen molar-refractivity contribution in [3.05, 3.63) is 58.3 Å². The number of amides is 1. The predicted molar refractivity (Wildman–Crippen MR) is 103 cm³/mol. The van der Waals surface area contributed by atoms with E-state index < -0.39 is 5.91 Å². The van der Waals surface area contributed by atoms with Gasteiger partial charge in [-0.25, -0.2) is 5.43 Å². The zero-order chi connectivity index (χ0) is 18.5. The molecule has 1 aromatic heterocycles. The van der Waals surface area contributed by atoms with E-state index in [1.165, 1.54) is 6.21 Å². The Bertz CT molecular complexity index is 965. The van der Waals surface area contributed by atoms with Crippen molar-refractivity contribution in [2.45, 2.75) is 6.92 Å². The molecule has 26 heavy (non-hydrogen) atoms. The number of hydrazone groups is 1. The summed E-state index contributed by atoms with van der Waals surface area (Å²) in [5, 5.41) is 4.76. The molecule has 0 aliphatic heterocycles. The molecule has 7 heteroatoms. The van der Waals surface area contributed by atoms with Gasteiger partial charge in [-0.2, -0.15) is 5.10 Å². The minimum Gasteiger partial charge on any atom is -0.496 e. The first-order valence-electron chi connectivity index (χ1n) is 7.94. The SMILES string of the molecule is CCOc1ccc2oc(C(=O)N/N=C/c3ccc(OC)c(Br)c3)cc2c1. The second-order valence-corrected chi connectivity index (χ2v) is 6.19. The summed E-state index contributed by atoms with van der Waals surface area (Å²) in [6.45, 7) is 2.49. The lowest BCUT2D eigenvalue weighted by Crippen LogP contribution is -2.16. The van der Waals surface area contributed by atoms with Crippen LogP contribution in [0.15, 0.2) is 56.5 Å². The minimum absolute atomic E-state index is 0.182. The zero-order valence-corrected chi connectivity index (χ0v) is 15.9. The fourth-order valence-corrected chi connectivity index (χ4v) is 2.93. The van der Waals surface area contributed by atoms with Crippen LogP contribution in [0, 0.1) is 0 Å². The molecule has 3 rings (SSSR count). The van der Waals surface area contributed by atoms with E-state index in [-0.39, 0.29) is 5.76 Å². The molecule has 0 aliphatic rings. The second-order valence-electron chi connectivity index (χ2n) is 5.34. The van der Waals surface area contributed by atoms with Crippen molar-refractivity contribution in [1.29, 1.82) is 0 Å². The summed E-state index contributed by atoms with van der Waals surface area (Å²) in [6, 6.07) is 12.5. The van der Waals surface area contributed by atoms with Gasteiger partial charge in [0.05, 0.1) is 24.4 Å². The number of halogens is 1. The monoisotopic (exact) mass is 416 g/mol. The van der Waals surface area contributed by atoms with E-state index in [1.54, 1.807) is 25.3 Å². The van der Waals surface area contributed by atoms with Gasteiger partial charge in [-0.1, -0.05) is 0 Å². The van der Waals surface area contributed by atoms with Gasteiger partial charge in [-0.05, 0) is 70.9 Å². The van der Waals surface area contributed by atoms with Crippen molar-refractivity contribution in [1.82, 2.24) is 5.43 Å². The number of nitrogens with one attached hydrogen (secondary N) is 1. The fourth-order valence-electron chi connectivity index (χ4n) is 2.37. The van der Waals surface area contributed by atoms with Crippen molar-refractivity contribution >= 4 is 39.0 Å². The number of carbonyl (C=O) groups excluding carboxylic acids is 1. The van der Waals surface area contributed by atoms with Crippen molar-refractivity contribution in [2.75, 3.05) is 13.7 Å². The molecule has 1 N–H and O–H groups in total. The molecule has 134 valence electrons. The number of rotatable bonds is 6. The van der Waals surface area contributed by atoms with Crippen molar-refractivity contribution in [2.24, 2.45) is 5.10 Å². The molecular formula is C19H17BrN2O4. The van der Waals surface area contributed by atoms with Gasteiger partial charge in [0.25, 0.3) is 0 Å². The summed E-state index contributed by atoms with van der Waals surface area (Å²) >= 11 is 3.40. The quantitative estimate of drug-likeness (QED) is 0.478. The van der Waals surface area contributed by atoms with Gasteiger partial charge in [0.1, 0.15) is 17.1 Å². The maximum Gasteiger partial charge on any atom is 0.307 e. The molecule has 3 aromatic rings. The first kappa shape index (κ1) is 18.0. The largest absolute Gasteiger partial charge is 0.496 e. The lowest BCUT2D eigenvalue weighted by Gasteiger charge is -2.03. The van der Waals surface area contributed by atoms with Gasteiger partial charge in [0, 0.05) is 5.39 Å². The van der Waals surface area contributed by atoms with E-state index in [9.17, 15) is 4.79 Å². The van der Waals surface area contributed by atoms with Crippen LogP contribution in [0.25, 0.3) is 11.0 Å². The van der Waals surface area contributed by atoms with E-state index in [0.29, 0.717) is 12.2 Å². The summed E-state index contributed by atoms with van der Waals surface area (Å²) in [4.78, 5) is 12.2. The molecule has 0 atom stereocenters. The molecule has 0 fully saturated rings. The Morgan fingerprint density at radius 1 is 1.27 bits per heavy atom. The molecule has 0 saturated carbocycles. The van der Waals surface area contributed by atoms with Crippen LogP contribution in [0.2, 0.25) is 0 Å². The first-order chi connectivity index (χ1) is 12.6. The number of furan rings is 1. The van der Waals surface area contributed by atoms with E-state index in [0.717, 1.165) is 26.9 Å². The van der Waals surface area contributed by atoms with Crippen LogP contribution in [0.5, 0.6) is 11.5 Å². The van der Waals surface area contributed by atoms with Crippen LogP contribution in [-0.2, 0) is 0 Å². The summed E-state index contributed by atoms with van der Waals surface area (Å²) in [6.07, 6.45) is 1.54. The number of hydrogen-bond acceptors (Lipinski definition) is 5. The molecule has 0 aliphatic carbocycles. The van der Waals surface area contributed by atoms with E-state index in [4.69, 9.17) is 13.9 Å². The Kier molecular flexibility index (Phi) is 5.58. The molecule has 0 spiro atoms. The van der Waals surface area contributed by atoms with Crippen molar-refractivity contribution in [3.8, 4) is 11.5 Å².